The Bertz CT molecular complexity index is 1770. The lowest BCUT2D eigenvalue weighted by Crippen LogP contribution is -2.23. The van der Waals surface area contributed by atoms with Crippen LogP contribution < -0.4 is 20.9 Å². The van der Waals surface area contributed by atoms with Gasteiger partial charge in [-0.25, -0.2) is 0 Å². The lowest BCUT2D eigenvalue weighted by atomic mass is 9.97. The zero-order chi connectivity index (χ0) is 23.9. The maximum Gasteiger partial charge on any atom is 0.0415 e. The summed E-state index contributed by atoms with van der Waals surface area (Å²) in [4.78, 5) is 0. The molecule has 0 unspecified atom stereocenters. The molecule has 2 aliphatic rings. The number of benzene rings is 2. The van der Waals surface area contributed by atoms with Gasteiger partial charge in [0, 0.05) is 32.0 Å². The van der Waals surface area contributed by atoms with Crippen molar-refractivity contribution in [2.45, 2.75) is 39.5 Å². The molecule has 2 aliphatic carbocycles. The van der Waals surface area contributed by atoms with Crippen molar-refractivity contribution in [1.82, 2.24) is 0 Å². The largest absolute Gasteiger partial charge is 0.0587 e. The molecule has 4 rings (SSSR count). The van der Waals surface area contributed by atoms with Crippen LogP contribution in [-0.4, -0.2) is 0 Å². The van der Waals surface area contributed by atoms with Crippen LogP contribution in [0.3, 0.4) is 0 Å². The van der Waals surface area contributed by atoms with Gasteiger partial charge in [0.05, 0.1) is 0 Å². The van der Waals surface area contributed by atoms with Crippen molar-refractivity contribution in [1.29, 1.82) is 0 Å². The maximum absolute atomic E-state index is 3.20. The molecule has 0 heteroatoms. The van der Waals surface area contributed by atoms with E-state index in [-0.39, 0.29) is 0 Å². The summed E-state index contributed by atoms with van der Waals surface area (Å²) < 4.78 is 0. The quantitative estimate of drug-likeness (QED) is 0.620. The molecular weight excluding hydrogens is 408 g/mol. The number of rotatable bonds is 2. The Morgan fingerprint density at radius 3 is 1.15 bits per heavy atom. The van der Waals surface area contributed by atoms with E-state index in [1.165, 1.54) is 11.1 Å². The summed E-state index contributed by atoms with van der Waals surface area (Å²) in [7, 11) is 0. The zero-order valence-corrected chi connectivity index (χ0v) is 19.8. The standard InChI is InChI=1S/C34H22/c1-25(2)31-21-19-29-13-7-5-11-27-17-18-28(27)12-6-8-14-30-20-22-32(26(3)4)24-34(30)16-10-9-15-33(29)23-31/h17-26H,1-4H3. The van der Waals surface area contributed by atoms with Crippen LogP contribution in [0.4, 0.5) is 0 Å². The van der Waals surface area contributed by atoms with E-state index in [9.17, 15) is 0 Å². The summed E-state index contributed by atoms with van der Waals surface area (Å²) in [5, 5.41) is 3.42. The van der Waals surface area contributed by atoms with Crippen LogP contribution in [-0.2, 0) is 0 Å². The van der Waals surface area contributed by atoms with Gasteiger partial charge in [-0.3, -0.25) is 0 Å². The predicted molar refractivity (Wildman–Crippen MR) is 137 cm³/mol. The number of hydrogen-bond acceptors (Lipinski definition) is 0. The third kappa shape index (κ3) is 5.36. The number of hydrogen-bond donors (Lipinski definition) is 0. The van der Waals surface area contributed by atoms with Gasteiger partial charge in [-0.1, -0.05) is 74.2 Å². The Kier molecular flexibility index (Phi) is 6.78. The molecule has 0 bridgehead atoms. The summed E-state index contributed by atoms with van der Waals surface area (Å²) in [6, 6.07) is 12.4. The average molecular weight is 431 g/mol. The van der Waals surface area contributed by atoms with E-state index in [1.807, 2.05) is 24.3 Å². The first-order valence-corrected chi connectivity index (χ1v) is 11.3. The third-order valence-corrected chi connectivity index (χ3v) is 5.50. The van der Waals surface area contributed by atoms with E-state index in [0.717, 1.165) is 32.0 Å². The molecule has 0 heterocycles. The first-order valence-electron chi connectivity index (χ1n) is 11.3. The van der Waals surface area contributed by atoms with Gasteiger partial charge in [0.1, 0.15) is 0 Å². The van der Waals surface area contributed by atoms with Crippen molar-refractivity contribution in [2.24, 2.45) is 0 Å². The van der Waals surface area contributed by atoms with E-state index in [0.29, 0.717) is 11.8 Å². The van der Waals surface area contributed by atoms with Gasteiger partial charge in [0.15, 0.2) is 0 Å². The minimum Gasteiger partial charge on any atom is -0.0587 e. The molecule has 0 fully saturated rings. The van der Waals surface area contributed by atoms with Crippen LogP contribution in [0.1, 0.15) is 50.7 Å². The third-order valence-electron chi connectivity index (χ3n) is 5.50. The first-order chi connectivity index (χ1) is 16.5. The van der Waals surface area contributed by atoms with E-state index in [4.69, 9.17) is 0 Å². The Morgan fingerprint density at radius 2 is 0.794 bits per heavy atom. The molecule has 0 saturated carbocycles. The van der Waals surface area contributed by atoms with Gasteiger partial charge in [0.25, 0.3) is 0 Å². The Labute approximate surface area is 199 Å². The first kappa shape index (κ1) is 22.5. The molecule has 0 N–H and O–H groups in total. The van der Waals surface area contributed by atoms with E-state index in [1.54, 1.807) is 0 Å². The molecule has 158 valence electrons. The molecule has 0 aromatic heterocycles. The summed E-state index contributed by atoms with van der Waals surface area (Å²) in [6.45, 7) is 8.66. The topological polar surface area (TPSA) is 0 Å². The smallest absolute Gasteiger partial charge is 0.0415 e. The molecule has 0 saturated heterocycles. The monoisotopic (exact) mass is 430 g/mol. The summed E-state index contributed by atoms with van der Waals surface area (Å²) in [5.74, 6) is 0.798. The summed E-state index contributed by atoms with van der Waals surface area (Å²) in [6.07, 6.45) is 3.88. The minimum atomic E-state index is 0.399. The molecule has 34 heavy (non-hydrogen) atoms. The van der Waals surface area contributed by atoms with Crippen molar-refractivity contribution < 1.29 is 0 Å². The highest BCUT2D eigenvalue weighted by atomic mass is 14.1. The lowest BCUT2D eigenvalue weighted by molar-refractivity contribution is 0.864. The second-order valence-electron chi connectivity index (χ2n) is 8.58. The van der Waals surface area contributed by atoms with E-state index in [2.05, 4.69) is 121 Å². The minimum absolute atomic E-state index is 0.399. The van der Waals surface area contributed by atoms with E-state index < -0.39 is 0 Å². The Hall–Kier alpha value is -4.72. The molecular formula is C34H22. The van der Waals surface area contributed by atoms with Crippen LogP contribution in [0, 0.1) is 0 Å². The highest BCUT2D eigenvalue weighted by molar-refractivity contribution is 5.56. The van der Waals surface area contributed by atoms with Gasteiger partial charge >= 0.3 is 0 Å². The van der Waals surface area contributed by atoms with Crippen molar-refractivity contribution in [2.75, 3.05) is 0 Å². The van der Waals surface area contributed by atoms with Gasteiger partial charge in [0.2, 0.25) is 0 Å². The molecule has 0 radical (unpaired) electrons. The van der Waals surface area contributed by atoms with Crippen molar-refractivity contribution in [3.63, 3.8) is 0 Å². The van der Waals surface area contributed by atoms with Crippen LogP contribution in [0.2, 0.25) is 0 Å². The van der Waals surface area contributed by atoms with Crippen LogP contribution >= 0.6 is 0 Å². The van der Waals surface area contributed by atoms with Gasteiger partial charge in [-0.05, 0) is 93.8 Å². The number of allylic oxidation sites excluding steroid dienone is 4. The van der Waals surface area contributed by atoms with Crippen molar-refractivity contribution in [3.8, 4) is 0 Å². The average Bonchev–Trinajstić information content (AvgIpc) is 2.81. The van der Waals surface area contributed by atoms with Gasteiger partial charge in [-0.2, -0.15) is 0 Å². The predicted octanol–water partition coefficient (Wildman–Crippen LogP) is 4.38. The fraction of sp³-hybridized carbons (Fsp3) is 0.176. The second kappa shape index (κ2) is 10.3. The Balaban J connectivity index is 2.28. The highest BCUT2D eigenvalue weighted by Crippen LogP contribution is 2.20. The normalized spacial score (nSPS) is 12.4. The number of fused-ring (bicyclic) bond motifs is 3. The molecule has 0 aliphatic heterocycles. The van der Waals surface area contributed by atoms with E-state index >= 15 is 0 Å². The summed E-state index contributed by atoms with van der Waals surface area (Å²) >= 11 is 0. The maximum atomic E-state index is 3.20. The summed E-state index contributed by atoms with van der Waals surface area (Å²) in [5.41, 5.74) is 40.8. The van der Waals surface area contributed by atoms with Crippen molar-refractivity contribution in [3.05, 3.63) is 138 Å². The zero-order valence-electron chi connectivity index (χ0n) is 19.8. The molecule has 0 amide bonds. The Morgan fingerprint density at radius 1 is 0.441 bits per heavy atom. The second-order valence-corrected chi connectivity index (χ2v) is 8.58. The molecule has 0 nitrogen and oxygen atoms in total. The van der Waals surface area contributed by atoms with Gasteiger partial charge < -0.3 is 0 Å². The van der Waals surface area contributed by atoms with Gasteiger partial charge in [-0.15, -0.1) is 0 Å². The SMILES string of the molecule is CC(C)c1ccc2c(c1)=C=C=C=C=c1cc(C(C)C)ccc1=C=C=C=C=C1C=CC1=C=C=C=C=2. The van der Waals surface area contributed by atoms with Crippen LogP contribution in [0.25, 0.3) is 22.9 Å². The van der Waals surface area contributed by atoms with Crippen LogP contribution in [0.15, 0.2) is 106 Å². The fourth-order valence-corrected chi connectivity index (χ4v) is 3.33. The fourth-order valence-electron chi connectivity index (χ4n) is 3.33. The highest BCUT2D eigenvalue weighted by Gasteiger charge is 2.05. The molecule has 0 atom stereocenters. The van der Waals surface area contributed by atoms with Crippen molar-refractivity contribution >= 4 is 22.9 Å². The molecule has 2 aromatic carbocycles. The molecule has 0 spiro atoms. The lowest BCUT2D eigenvalue weighted by Gasteiger charge is -2.03. The molecule has 2 aromatic rings. The van der Waals surface area contributed by atoms with Crippen LogP contribution in [0.5, 0.6) is 0 Å².